The molecule has 3 rings (SSSR count). The van der Waals surface area contributed by atoms with Crippen LogP contribution in [0.15, 0.2) is 42.6 Å². The number of benzene rings is 1. The molecule has 1 atom stereocenters. The Hall–Kier alpha value is -2.58. The quantitative estimate of drug-likeness (QED) is 0.866. The van der Waals surface area contributed by atoms with E-state index in [1.54, 1.807) is 19.4 Å². The summed E-state index contributed by atoms with van der Waals surface area (Å²) < 4.78 is 5.49. The number of ether oxygens (including phenoxy) is 1. The molecule has 1 fully saturated rings. The number of nitriles is 1. The van der Waals surface area contributed by atoms with Crippen molar-refractivity contribution in [1.29, 1.82) is 5.26 Å². The van der Waals surface area contributed by atoms with Gasteiger partial charge in [0, 0.05) is 38.4 Å². The number of hydrogen-bond donors (Lipinski definition) is 0. The number of piperazine rings is 1. The van der Waals surface area contributed by atoms with Crippen molar-refractivity contribution in [1.82, 2.24) is 9.88 Å². The molecule has 2 aromatic rings. The fourth-order valence-electron chi connectivity index (χ4n) is 3.18. The summed E-state index contributed by atoms with van der Waals surface area (Å²) in [7, 11) is 1.71. The summed E-state index contributed by atoms with van der Waals surface area (Å²) in [5.74, 6) is 0.918. The van der Waals surface area contributed by atoms with E-state index in [4.69, 9.17) is 10.00 Å². The molecule has 0 bridgehead atoms. The largest absolute Gasteiger partial charge is 0.495 e. The van der Waals surface area contributed by atoms with E-state index in [0.29, 0.717) is 11.6 Å². The molecule has 0 radical (unpaired) electrons. The van der Waals surface area contributed by atoms with Crippen LogP contribution in [0.4, 0.5) is 5.69 Å². The highest BCUT2D eigenvalue weighted by molar-refractivity contribution is 5.58. The Bertz CT molecular complexity index is 740. The van der Waals surface area contributed by atoms with E-state index in [1.165, 1.54) is 0 Å². The Balaban J connectivity index is 1.68. The Labute approximate surface area is 143 Å². The lowest BCUT2D eigenvalue weighted by atomic mass is 10.1. The highest BCUT2D eigenvalue weighted by Crippen LogP contribution is 2.29. The summed E-state index contributed by atoms with van der Waals surface area (Å²) in [5.41, 5.74) is 2.77. The van der Waals surface area contributed by atoms with Crippen molar-refractivity contribution in [3.63, 3.8) is 0 Å². The van der Waals surface area contributed by atoms with Crippen molar-refractivity contribution < 1.29 is 4.74 Å². The highest BCUT2D eigenvalue weighted by Gasteiger charge is 2.25. The minimum absolute atomic E-state index is 0.399. The molecule has 1 aromatic heterocycles. The van der Waals surface area contributed by atoms with Crippen LogP contribution in [0.25, 0.3) is 0 Å². The predicted octanol–water partition coefficient (Wildman–Crippen LogP) is 2.67. The van der Waals surface area contributed by atoms with Gasteiger partial charge in [0.15, 0.2) is 0 Å². The molecular weight excluding hydrogens is 300 g/mol. The zero-order valence-corrected chi connectivity index (χ0v) is 14.1. The van der Waals surface area contributed by atoms with Crippen molar-refractivity contribution in [3.8, 4) is 11.8 Å². The summed E-state index contributed by atoms with van der Waals surface area (Å²) in [5, 5.41) is 9.02. The van der Waals surface area contributed by atoms with Gasteiger partial charge in [-0.05, 0) is 31.2 Å². The molecule has 0 aliphatic carbocycles. The standard InChI is InChI=1S/C19H22N4O/c1-15-13-23(18-5-3-4-6-19(18)24-2)10-9-22(15)14-17-11-16(12-20)7-8-21-17/h3-8,11,15H,9-10,13-14H2,1-2H3/t15-/m1/s1. The third-order valence-electron chi connectivity index (χ3n) is 4.50. The molecule has 1 aromatic carbocycles. The normalized spacial score (nSPS) is 18.2. The summed E-state index contributed by atoms with van der Waals surface area (Å²) in [6, 6.07) is 14.4. The topological polar surface area (TPSA) is 52.4 Å². The SMILES string of the molecule is COc1ccccc1N1CCN(Cc2cc(C#N)ccn2)[C@H](C)C1. The summed E-state index contributed by atoms with van der Waals surface area (Å²) >= 11 is 0. The van der Waals surface area contributed by atoms with Gasteiger partial charge in [0.05, 0.1) is 30.1 Å². The number of pyridine rings is 1. The van der Waals surface area contributed by atoms with Gasteiger partial charge in [-0.15, -0.1) is 0 Å². The van der Waals surface area contributed by atoms with E-state index < -0.39 is 0 Å². The second-order valence-corrected chi connectivity index (χ2v) is 6.09. The van der Waals surface area contributed by atoms with E-state index >= 15 is 0 Å². The number of anilines is 1. The lowest BCUT2D eigenvalue weighted by molar-refractivity contribution is 0.178. The van der Waals surface area contributed by atoms with E-state index in [2.05, 4.69) is 33.8 Å². The Kier molecular flexibility index (Phi) is 4.97. The van der Waals surface area contributed by atoms with Crippen molar-refractivity contribution in [3.05, 3.63) is 53.9 Å². The first kappa shape index (κ1) is 16.3. The molecule has 1 aliphatic heterocycles. The van der Waals surface area contributed by atoms with Crippen molar-refractivity contribution >= 4 is 5.69 Å². The monoisotopic (exact) mass is 322 g/mol. The van der Waals surface area contributed by atoms with Crippen LogP contribution in [-0.4, -0.2) is 42.7 Å². The molecule has 124 valence electrons. The smallest absolute Gasteiger partial charge is 0.142 e. The zero-order chi connectivity index (χ0) is 16.9. The van der Waals surface area contributed by atoms with Crippen molar-refractivity contribution in [2.45, 2.75) is 19.5 Å². The van der Waals surface area contributed by atoms with Crippen molar-refractivity contribution in [2.24, 2.45) is 0 Å². The third kappa shape index (κ3) is 3.50. The van der Waals surface area contributed by atoms with E-state index in [-0.39, 0.29) is 0 Å². The first-order valence-electron chi connectivity index (χ1n) is 8.18. The fraction of sp³-hybridized carbons (Fsp3) is 0.368. The van der Waals surface area contributed by atoms with E-state index in [1.807, 2.05) is 24.3 Å². The second-order valence-electron chi connectivity index (χ2n) is 6.09. The molecule has 24 heavy (non-hydrogen) atoms. The molecule has 0 unspecified atom stereocenters. The third-order valence-corrected chi connectivity index (χ3v) is 4.50. The number of hydrogen-bond acceptors (Lipinski definition) is 5. The van der Waals surface area contributed by atoms with Crippen LogP contribution in [0.1, 0.15) is 18.2 Å². The van der Waals surface area contributed by atoms with Gasteiger partial charge in [0.1, 0.15) is 5.75 Å². The fourth-order valence-corrected chi connectivity index (χ4v) is 3.18. The van der Waals surface area contributed by atoms with Gasteiger partial charge in [-0.2, -0.15) is 5.26 Å². The maximum atomic E-state index is 9.02. The maximum absolute atomic E-state index is 9.02. The number of para-hydroxylation sites is 2. The maximum Gasteiger partial charge on any atom is 0.142 e. The van der Waals surface area contributed by atoms with Crippen LogP contribution in [0.2, 0.25) is 0 Å². The number of aromatic nitrogens is 1. The van der Waals surface area contributed by atoms with Crippen LogP contribution in [0.3, 0.4) is 0 Å². The van der Waals surface area contributed by atoms with Gasteiger partial charge >= 0.3 is 0 Å². The molecule has 1 aliphatic rings. The summed E-state index contributed by atoms with van der Waals surface area (Å²) in [6.45, 7) is 5.85. The highest BCUT2D eigenvalue weighted by atomic mass is 16.5. The molecular formula is C19H22N4O. The lowest BCUT2D eigenvalue weighted by Crippen LogP contribution is -2.51. The van der Waals surface area contributed by atoms with Gasteiger partial charge < -0.3 is 9.64 Å². The molecule has 0 N–H and O–H groups in total. The van der Waals surface area contributed by atoms with Crippen LogP contribution in [0.5, 0.6) is 5.75 Å². The average Bonchev–Trinajstić information content (AvgIpc) is 2.63. The van der Waals surface area contributed by atoms with Crippen LogP contribution in [-0.2, 0) is 6.54 Å². The summed E-state index contributed by atoms with van der Waals surface area (Å²) in [4.78, 5) is 9.18. The van der Waals surface area contributed by atoms with Gasteiger partial charge in [0.2, 0.25) is 0 Å². The lowest BCUT2D eigenvalue weighted by Gasteiger charge is -2.41. The van der Waals surface area contributed by atoms with Gasteiger partial charge in [-0.25, -0.2) is 0 Å². The minimum atomic E-state index is 0.399. The molecule has 0 spiro atoms. The second kappa shape index (κ2) is 7.33. The van der Waals surface area contributed by atoms with Gasteiger partial charge in [0.25, 0.3) is 0 Å². The van der Waals surface area contributed by atoms with Gasteiger partial charge in [-0.3, -0.25) is 9.88 Å². The number of methoxy groups -OCH3 is 1. The minimum Gasteiger partial charge on any atom is -0.495 e. The Morgan fingerprint density at radius 3 is 2.88 bits per heavy atom. The number of nitrogens with zero attached hydrogens (tertiary/aromatic N) is 4. The average molecular weight is 322 g/mol. The van der Waals surface area contributed by atoms with Crippen LogP contribution in [0, 0.1) is 11.3 Å². The first-order valence-corrected chi connectivity index (χ1v) is 8.18. The van der Waals surface area contributed by atoms with E-state index in [9.17, 15) is 0 Å². The molecule has 0 saturated carbocycles. The first-order chi connectivity index (χ1) is 11.7. The molecule has 1 saturated heterocycles. The van der Waals surface area contributed by atoms with Crippen LogP contribution >= 0.6 is 0 Å². The Morgan fingerprint density at radius 1 is 1.29 bits per heavy atom. The molecule has 5 nitrogen and oxygen atoms in total. The zero-order valence-electron chi connectivity index (χ0n) is 14.1. The molecule has 2 heterocycles. The Morgan fingerprint density at radius 2 is 2.12 bits per heavy atom. The van der Waals surface area contributed by atoms with Crippen LogP contribution < -0.4 is 9.64 Å². The van der Waals surface area contributed by atoms with Gasteiger partial charge in [-0.1, -0.05) is 12.1 Å². The van der Waals surface area contributed by atoms with E-state index in [0.717, 1.165) is 43.3 Å². The molecule has 5 heteroatoms. The number of rotatable bonds is 4. The predicted molar refractivity (Wildman–Crippen MR) is 94.0 cm³/mol. The molecule has 0 amide bonds. The van der Waals surface area contributed by atoms with Crippen molar-refractivity contribution in [2.75, 3.05) is 31.6 Å². The summed E-state index contributed by atoms with van der Waals surface area (Å²) in [6.07, 6.45) is 1.71.